The van der Waals surface area contributed by atoms with Gasteiger partial charge in [-0.25, -0.2) is 4.98 Å². The molecule has 146 valence electrons. The number of hydrogen-bond acceptors (Lipinski definition) is 3. The zero-order chi connectivity index (χ0) is 19.6. The average molecular weight is 374 g/mol. The van der Waals surface area contributed by atoms with Crippen molar-refractivity contribution in [3.05, 3.63) is 66.5 Å². The molecule has 0 aliphatic carbocycles. The lowest BCUT2D eigenvalue weighted by atomic mass is 9.93. The molecular formula is C25H31N3. The first-order valence-corrected chi connectivity index (χ1v) is 10.6. The van der Waals surface area contributed by atoms with Gasteiger partial charge >= 0.3 is 0 Å². The van der Waals surface area contributed by atoms with Gasteiger partial charge in [0.05, 0.1) is 22.8 Å². The molecule has 0 saturated heterocycles. The van der Waals surface area contributed by atoms with Crippen LogP contribution in [0.25, 0.3) is 22.8 Å². The lowest BCUT2D eigenvalue weighted by molar-refractivity contribution is 0.410. The van der Waals surface area contributed by atoms with Crippen LogP contribution in [-0.2, 0) is 6.42 Å². The summed E-state index contributed by atoms with van der Waals surface area (Å²) in [6.45, 7) is 4.60. The van der Waals surface area contributed by atoms with E-state index in [0.29, 0.717) is 0 Å². The van der Waals surface area contributed by atoms with Gasteiger partial charge in [-0.2, -0.15) is 0 Å². The van der Waals surface area contributed by atoms with Gasteiger partial charge in [0, 0.05) is 12.4 Å². The van der Waals surface area contributed by atoms with Gasteiger partial charge in [-0.1, -0.05) is 64.2 Å². The SMILES string of the molecule is CCCCC(CC)CCCc1ccc(-c2cccc(-c3ccccn3)n2)nc1. The maximum absolute atomic E-state index is 4.74. The molecule has 28 heavy (non-hydrogen) atoms. The summed E-state index contributed by atoms with van der Waals surface area (Å²) in [5, 5.41) is 0. The minimum atomic E-state index is 0.877. The summed E-state index contributed by atoms with van der Waals surface area (Å²) in [7, 11) is 0. The van der Waals surface area contributed by atoms with Gasteiger partial charge in [0.1, 0.15) is 0 Å². The number of hydrogen-bond donors (Lipinski definition) is 0. The molecule has 0 radical (unpaired) electrons. The van der Waals surface area contributed by atoms with Gasteiger partial charge in [-0.3, -0.25) is 9.97 Å². The first kappa shape index (κ1) is 20.2. The molecule has 0 aliphatic heterocycles. The Labute approximate surface area is 169 Å². The largest absolute Gasteiger partial charge is 0.255 e. The van der Waals surface area contributed by atoms with E-state index < -0.39 is 0 Å². The second kappa shape index (κ2) is 10.7. The molecule has 0 N–H and O–H groups in total. The van der Waals surface area contributed by atoms with E-state index >= 15 is 0 Å². The van der Waals surface area contributed by atoms with E-state index in [1.165, 1.54) is 44.1 Å². The Kier molecular flexibility index (Phi) is 7.71. The highest BCUT2D eigenvalue weighted by Gasteiger charge is 2.07. The minimum absolute atomic E-state index is 0.877. The van der Waals surface area contributed by atoms with Gasteiger partial charge in [0.15, 0.2) is 0 Å². The van der Waals surface area contributed by atoms with Crippen LogP contribution in [0.15, 0.2) is 60.9 Å². The molecule has 3 aromatic heterocycles. The van der Waals surface area contributed by atoms with Crippen molar-refractivity contribution in [1.82, 2.24) is 15.0 Å². The summed E-state index contributed by atoms with van der Waals surface area (Å²) in [4.78, 5) is 13.8. The first-order valence-electron chi connectivity index (χ1n) is 10.6. The molecular weight excluding hydrogens is 342 g/mol. The number of aryl methyl sites for hydroxylation is 1. The molecule has 3 nitrogen and oxygen atoms in total. The Morgan fingerprint density at radius 1 is 0.750 bits per heavy atom. The zero-order valence-corrected chi connectivity index (χ0v) is 17.1. The Morgan fingerprint density at radius 2 is 1.50 bits per heavy atom. The standard InChI is InChI=1S/C25H31N3/c1-3-5-10-20(4-2)11-8-12-21-16-17-23(27-19-21)25-15-9-14-24(28-25)22-13-6-7-18-26-22/h6-7,9,13-20H,3-5,8,10-12H2,1-2H3. The van der Waals surface area contributed by atoms with Crippen LogP contribution in [0.2, 0.25) is 0 Å². The van der Waals surface area contributed by atoms with Crippen LogP contribution < -0.4 is 0 Å². The van der Waals surface area contributed by atoms with Crippen LogP contribution in [0.4, 0.5) is 0 Å². The third kappa shape index (κ3) is 5.72. The van der Waals surface area contributed by atoms with E-state index in [-0.39, 0.29) is 0 Å². The number of unbranched alkanes of at least 4 members (excludes halogenated alkanes) is 1. The van der Waals surface area contributed by atoms with Crippen LogP contribution in [0.1, 0.15) is 57.9 Å². The van der Waals surface area contributed by atoms with Crippen LogP contribution in [-0.4, -0.2) is 15.0 Å². The molecule has 1 atom stereocenters. The zero-order valence-electron chi connectivity index (χ0n) is 17.1. The summed E-state index contributed by atoms with van der Waals surface area (Å²) < 4.78 is 0. The number of pyridine rings is 3. The highest BCUT2D eigenvalue weighted by Crippen LogP contribution is 2.22. The van der Waals surface area contributed by atoms with Gasteiger partial charge in [0.25, 0.3) is 0 Å². The highest BCUT2D eigenvalue weighted by atomic mass is 14.8. The fourth-order valence-corrected chi connectivity index (χ4v) is 3.60. The lowest BCUT2D eigenvalue weighted by Gasteiger charge is -2.14. The van der Waals surface area contributed by atoms with Gasteiger partial charge in [-0.15, -0.1) is 0 Å². The maximum Gasteiger partial charge on any atom is 0.0894 e. The summed E-state index contributed by atoms with van der Waals surface area (Å²) >= 11 is 0. The summed E-state index contributed by atoms with van der Waals surface area (Å²) in [6.07, 6.45) is 12.8. The predicted molar refractivity (Wildman–Crippen MR) is 117 cm³/mol. The molecule has 3 aromatic rings. The van der Waals surface area contributed by atoms with E-state index in [4.69, 9.17) is 4.98 Å². The molecule has 3 heteroatoms. The van der Waals surface area contributed by atoms with E-state index in [0.717, 1.165) is 35.1 Å². The average Bonchev–Trinajstić information content (AvgIpc) is 2.77. The maximum atomic E-state index is 4.74. The second-order valence-electron chi connectivity index (χ2n) is 7.48. The van der Waals surface area contributed by atoms with Crippen LogP contribution >= 0.6 is 0 Å². The van der Waals surface area contributed by atoms with Crippen molar-refractivity contribution in [1.29, 1.82) is 0 Å². The van der Waals surface area contributed by atoms with E-state index in [1.54, 1.807) is 6.20 Å². The summed E-state index contributed by atoms with van der Waals surface area (Å²) in [5.41, 5.74) is 4.88. The Hall–Kier alpha value is -2.55. The molecule has 0 amide bonds. The molecule has 0 spiro atoms. The van der Waals surface area contributed by atoms with Crippen molar-refractivity contribution >= 4 is 0 Å². The van der Waals surface area contributed by atoms with E-state index in [2.05, 4.69) is 35.9 Å². The predicted octanol–water partition coefficient (Wildman–Crippen LogP) is 6.74. The van der Waals surface area contributed by atoms with Crippen molar-refractivity contribution in [2.45, 2.75) is 58.8 Å². The Morgan fingerprint density at radius 3 is 2.14 bits per heavy atom. The third-order valence-corrected chi connectivity index (χ3v) is 5.38. The minimum Gasteiger partial charge on any atom is -0.255 e. The molecule has 0 aromatic carbocycles. The number of rotatable bonds is 10. The fraction of sp³-hybridized carbons (Fsp3) is 0.400. The van der Waals surface area contributed by atoms with E-state index in [1.807, 2.05) is 42.6 Å². The summed E-state index contributed by atoms with van der Waals surface area (Å²) in [5.74, 6) is 0.880. The number of aromatic nitrogens is 3. The molecule has 0 saturated carbocycles. The monoisotopic (exact) mass is 373 g/mol. The van der Waals surface area contributed by atoms with Gasteiger partial charge < -0.3 is 0 Å². The van der Waals surface area contributed by atoms with Crippen molar-refractivity contribution < 1.29 is 0 Å². The van der Waals surface area contributed by atoms with Crippen LogP contribution in [0.3, 0.4) is 0 Å². The van der Waals surface area contributed by atoms with Crippen LogP contribution in [0, 0.1) is 5.92 Å². The Balaban J connectivity index is 1.60. The molecule has 0 aliphatic rings. The Bertz CT molecular complexity index is 828. The molecule has 0 bridgehead atoms. The smallest absolute Gasteiger partial charge is 0.0894 e. The van der Waals surface area contributed by atoms with Gasteiger partial charge in [-0.05, 0) is 54.7 Å². The molecule has 3 heterocycles. The van der Waals surface area contributed by atoms with Crippen molar-refractivity contribution in [3.63, 3.8) is 0 Å². The molecule has 0 fully saturated rings. The number of nitrogens with zero attached hydrogens (tertiary/aromatic N) is 3. The normalized spacial score (nSPS) is 12.1. The topological polar surface area (TPSA) is 38.7 Å². The third-order valence-electron chi connectivity index (χ3n) is 5.38. The molecule has 3 rings (SSSR count). The fourth-order valence-electron chi connectivity index (χ4n) is 3.60. The van der Waals surface area contributed by atoms with Crippen molar-refractivity contribution in [2.24, 2.45) is 5.92 Å². The molecule has 1 unspecified atom stereocenters. The second-order valence-corrected chi connectivity index (χ2v) is 7.48. The van der Waals surface area contributed by atoms with E-state index in [9.17, 15) is 0 Å². The van der Waals surface area contributed by atoms with Crippen molar-refractivity contribution in [3.8, 4) is 22.8 Å². The highest BCUT2D eigenvalue weighted by molar-refractivity contribution is 5.61. The van der Waals surface area contributed by atoms with Crippen molar-refractivity contribution in [2.75, 3.05) is 0 Å². The first-order chi connectivity index (χ1) is 13.8. The van der Waals surface area contributed by atoms with Crippen LogP contribution in [0.5, 0.6) is 0 Å². The lowest BCUT2D eigenvalue weighted by Crippen LogP contribution is -2.00. The summed E-state index contributed by atoms with van der Waals surface area (Å²) in [6, 6.07) is 16.2. The van der Waals surface area contributed by atoms with Gasteiger partial charge in [0.2, 0.25) is 0 Å². The quantitative estimate of drug-likeness (QED) is 0.395.